The zero-order chi connectivity index (χ0) is 16.8. The third-order valence-corrected chi connectivity index (χ3v) is 5.04. The number of halogens is 1. The van der Waals surface area contributed by atoms with Crippen molar-refractivity contribution in [1.29, 1.82) is 0 Å². The molecule has 0 radical (unpaired) electrons. The van der Waals surface area contributed by atoms with Gasteiger partial charge < -0.3 is 10.2 Å². The summed E-state index contributed by atoms with van der Waals surface area (Å²) in [6.45, 7) is 5.63. The number of piperidine rings is 1. The number of thioether (sulfide) groups is 1. The van der Waals surface area contributed by atoms with Crippen LogP contribution in [0.4, 0.5) is 10.1 Å². The van der Waals surface area contributed by atoms with Gasteiger partial charge in [0.15, 0.2) is 0 Å². The van der Waals surface area contributed by atoms with Crippen LogP contribution in [-0.4, -0.2) is 40.8 Å². The van der Waals surface area contributed by atoms with Gasteiger partial charge in [-0.15, -0.1) is 11.8 Å². The minimum absolute atomic E-state index is 0.108. The lowest BCUT2D eigenvalue weighted by Crippen LogP contribution is -2.43. The molecule has 23 heavy (non-hydrogen) atoms. The zero-order valence-corrected chi connectivity index (χ0v) is 14.4. The minimum Gasteiger partial charge on any atom is -0.341 e. The van der Waals surface area contributed by atoms with E-state index >= 15 is 0 Å². The van der Waals surface area contributed by atoms with Gasteiger partial charge in [0.05, 0.1) is 11.0 Å². The predicted octanol–water partition coefficient (Wildman–Crippen LogP) is 3.14. The number of likely N-dealkylation sites (tertiary alicyclic amines) is 1. The van der Waals surface area contributed by atoms with Gasteiger partial charge in [0.1, 0.15) is 5.82 Å². The van der Waals surface area contributed by atoms with E-state index in [2.05, 4.69) is 12.2 Å². The van der Waals surface area contributed by atoms with Crippen molar-refractivity contribution in [3.8, 4) is 0 Å². The number of hydrogen-bond donors (Lipinski definition) is 1. The second-order valence-corrected chi connectivity index (χ2v) is 7.37. The second-order valence-electron chi connectivity index (χ2n) is 6.04. The first-order valence-electron chi connectivity index (χ1n) is 7.91. The Kier molecular flexibility index (Phi) is 6.45. The summed E-state index contributed by atoms with van der Waals surface area (Å²) in [7, 11) is 0. The highest BCUT2D eigenvalue weighted by atomic mass is 32.2. The fourth-order valence-corrected chi connectivity index (χ4v) is 3.41. The molecule has 1 aromatic rings. The molecule has 1 N–H and O–H groups in total. The average molecular weight is 338 g/mol. The van der Waals surface area contributed by atoms with Crippen LogP contribution in [0.25, 0.3) is 0 Å². The number of nitrogens with one attached hydrogen (secondary N) is 1. The van der Waals surface area contributed by atoms with Crippen LogP contribution in [0.5, 0.6) is 0 Å². The highest BCUT2D eigenvalue weighted by Crippen LogP contribution is 2.20. The number of rotatable bonds is 5. The van der Waals surface area contributed by atoms with Crippen molar-refractivity contribution in [3.05, 3.63) is 30.1 Å². The largest absolute Gasteiger partial charge is 0.341 e. The molecule has 1 saturated heterocycles. The molecule has 2 unspecified atom stereocenters. The van der Waals surface area contributed by atoms with Crippen molar-refractivity contribution in [2.75, 3.05) is 24.2 Å². The van der Waals surface area contributed by atoms with E-state index in [0.717, 1.165) is 19.5 Å². The van der Waals surface area contributed by atoms with Gasteiger partial charge in [-0.1, -0.05) is 6.92 Å². The van der Waals surface area contributed by atoms with Gasteiger partial charge in [0.25, 0.3) is 0 Å². The van der Waals surface area contributed by atoms with E-state index in [9.17, 15) is 14.0 Å². The molecule has 0 aromatic heterocycles. The molecule has 2 atom stereocenters. The summed E-state index contributed by atoms with van der Waals surface area (Å²) in [5.74, 6) is 0.330. The maximum absolute atomic E-state index is 12.8. The Balaban J connectivity index is 1.76. The van der Waals surface area contributed by atoms with Crippen LogP contribution in [0, 0.1) is 11.7 Å². The van der Waals surface area contributed by atoms with E-state index in [-0.39, 0.29) is 28.6 Å². The molecule has 2 rings (SSSR count). The maximum atomic E-state index is 12.8. The smallest absolute Gasteiger partial charge is 0.235 e. The van der Waals surface area contributed by atoms with Gasteiger partial charge in [-0.25, -0.2) is 4.39 Å². The van der Waals surface area contributed by atoms with Gasteiger partial charge in [0.2, 0.25) is 11.8 Å². The molecule has 0 aliphatic carbocycles. The van der Waals surface area contributed by atoms with Crippen LogP contribution in [0.3, 0.4) is 0 Å². The Morgan fingerprint density at radius 3 is 2.74 bits per heavy atom. The quantitative estimate of drug-likeness (QED) is 0.897. The first-order chi connectivity index (χ1) is 11.0. The predicted molar refractivity (Wildman–Crippen MR) is 91.9 cm³/mol. The molecular weight excluding hydrogens is 315 g/mol. The van der Waals surface area contributed by atoms with Crippen molar-refractivity contribution in [3.63, 3.8) is 0 Å². The molecule has 126 valence electrons. The van der Waals surface area contributed by atoms with Crippen LogP contribution in [-0.2, 0) is 9.59 Å². The van der Waals surface area contributed by atoms with Crippen molar-refractivity contribution in [1.82, 2.24) is 4.90 Å². The van der Waals surface area contributed by atoms with E-state index in [1.165, 1.54) is 42.4 Å². The van der Waals surface area contributed by atoms with Crippen LogP contribution in [0.1, 0.15) is 26.7 Å². The first kappa shape index (κ1) is 17.8. The molecule has 1 aromatic carbocycles. The van der Waals surface area contributed by atoms with Crippen LogP contribution >= 0.6 is 11.8 Å². The third-order valence-electron chi connectivity index (χ3n) is 3.91. The summed E-state index contributed by atoms with van der Waals surface area (Å²) >= 11 is 1.33. The van der Waals surface area contributed by atoms with Crippen LogP contribution < -0.4 is 5.32 Å². The fourth-order valence-electron chi connectivity index (χ4n) is 2.65. The van der Waals surface area contributed by atoms with E-state index in [1.54, 1.807) is 0 Å². The number of nitrogens with zero attached hydrogens (tertiary/aromatic N) is 1. The van der Waals surface area contributed by atoms with Crippen molar-refractivity contribution >= 4 is 29.3 Å². The van der Waals surface area contributed by atoms with Gasteiger partial charge >= 0.3 is 0 Å². The summed E-state index contributed by atoms with van der Waals surface area (Å²) in [4.78, 5) is 26.2. The van der Waals surface area contributed by atoms with E-state index < -0.39 is 0 Å². The molecule has 1 fully saturated rings. The monoisotopic (exact) mass is 338 g/mol. The van der Waals surface area contributed by atoms with E-state index in [0.29, 0.717) is 11.6 Å². The first-order valence-corrected chi connectivity index (χ1v) is 8.96. The summed E-state index contributed by atoms with van der Waals surface area (Å²) in [5, 5.41) is 2.46. The molecule has 2 amide bonds. The summed E-state index contributed by atoms with van der Waals surface area (Å²) in [6.07, 6.45) is 2.22. The molecular formula is C17H23FN2O2S. The third kappa shape index (κ3) is 5.53. The molecule has 1 aliphatic rings. The number of anilines is 1. The molecule has 1 heterocycles. The Morgan fingerprint density at radius 2 is 2.09 bits per heavy atom. The molecule has 0 saturated carbocycles. The summed E-state index contributed by atoms with van der Waals surface area (Å²) in [5.41, 5.74) is 0.556. The van der Waals surface area contributed by atoms with Crippen LogP contribution in [0.15, 0.2) is 24.3 Å². The second kappa shape index (κ2) is 8.34. The van der Waals surface area contributed by atoms with Crippen molar-refractivity contribution in [2.45, 2.75) is 31.9 Å². The van der Waals surface area contributed by atoms with Crippen molar-refractivity contribution < 1.29 is 14.0 Å². The fraction of sp³-hybridized carbons (Fsp3) is 0.529. The van der Waals surface area contributed by atoms with E-state index in [4.69, 9.17) is 0 Å². The van der Waals surface area contributed by atoms with E-state index in [1.807, 2.05) is 11.8 Å². The maximum Gasteiger partial charge on any atom is 0.235 e. The van der Waals surface area contributed by atoms with Gasteiger partial charge in [-0.2, -0.15) is 0 Å². The van der Waals surface area contributed by atoms with Gasteiger partial charge in [0, 0.05) is 18.8 Å². The lowest BCUT2D eigenvalue weighted by Gasteiger charge is -2.32. The normalized spacial score (nSPS) is 19.3. The highest BCUT2D eigenvalue weighted by Gasteiger charge is 2.25. The molecule has 6 heteroatoms. The molecule has 1 aliphatic heterocycles. The minimum atomic E-state index is -0.340. The number of amides is 2. The number of benzene rings is 1. The lowest BCUT2D eigenvalue weighted by molar-refractivity contribution is -0.131. The molecule has 0 spiro atoms. The Bertz CT molecular complexity index is 550. The topological polar surface area (TPSA) is 49.4 Å². The number of carbonyl (C=O) groups is 2. The summed E-state index contributed by atoms with van der Waals surface area (Å²) in [6, 6.07) is 5.63. The van der Waals surface area contributed by atoms with Gasteiger partial charge in [-0.3, -0.25) is 9.59 Å². The zero-order valence-electron chi connectivity index (χ0n) is 13.5. The van der Waals surface area contributed by atoms with Gasteiger partial charge in [-0.05, 0) is 49.9 Å². The highest BCUT2D eigenvalue weighted by molar-refractivity contribution is 8.01. The summed E-state index contributed by atoms with van der Waals surface area (Å²) < 4.78 is 12.8. The Labute approximate surface area is 140 Å². The average Bonchev–Trinajstić information content (AvgIpc) is 2.54. The standard InChI is InChI=1S/C17H23FN2O2S/c1-12-4-3-9-20(10-12)17(22)13(2)23-11-16(21)19-15-7-5-14(18)6-8-15/h5-8,12-13H,3-4,9-11H2,1-2H3,(H,19,21). The SMILES string of the molecule is CC1CCCN(C(=O)C(C)SCC(=O)Nc2ccc(F)cc2)C1. The molecule has 4 nitrogen and oxygen atoms in total. The number of hydrogen-bond acceptors (Lipinski definition) is 3. The lowest BCUT2D eigenvalue weighted by atomic mass is 10.0. The number of carbonyl (C=O) groups excluding carboxylic acids is 2. The Morgan fingerprint density at radius 1 is 1.39 bits per heavy atom. The van der Waals surface area contributed by atoms with Crippen LogP contribution in [0.2, 0.25) is 0 Å². The van der Waals surface area contributed by atoms with Crippen molar-refractivity contribution in [2.24, 2.45) is 5.92 Å². The molecule has 0 bridgehead atoms. The Hall–Kier alpha value is -1.56.